The predicted octanol–water partition coefficient (Wildman–Crippen LogP) is 5.30. The maximum Gasteiger partial charge on any atom is 0.339 e. The van der Waals surface area contributed by atoms with Gasteiger partial charge in [0, 0.05) is 10.6 Å². The number of thiophene rings is 1. The van der Waals surface area contributed by atoms with E-state index in [4.69, 9.17) is 4.74 Å². The fraction of sp³-hybridized carbons (Fsp3) is 0.174. The van der Waals surface area contributed by atoms with Gasteiger partial charge in [-0.2, -0.15) is 0 Å². The summed E-state index contributed by atoms with van der Waals surface area (Å²) < 4.78 is 4.78. The standard InChI is InChI=1S/C23H22N2O4S2/c1-3-19(21(26)25-18-11-5-4-10-17(18)23(28)29-2)31-16-9-6-8-15(14-16)24-22(27)20-12-7-13-30-20/h4-14,19H,3H2,1-2H3,(H,24,27)(H,25,26). The number of carbonyl (C=O) groups is 3. The van der Waals surface area contributed by atoms with Crippen molar-refractivity contribution in [1.29, 1.82) is 0 Å². The number of thioether (sulfide) groups is 1. The number of para-hydroxylation sites is 1. The largest absolute Gasteiger partial charge is 0.465 e. The van der Waals surface area contributed by atoms with Crippen molar-refractivity contribution in [3.63, 3.8) is 0 Å². The van der Waals surface area contributed by atoms with Gasteiger partial charge in [0.2, 0.25) is 5.91 Å². The second-order valence-electron chi connectivity index (χ2n) is 6.50. The Morgan fingerprint density at radius 3 is 2.55 bits per heavy atom. The van der Waals surface area contributed by atoms with Crippen LogP contribution in [-0.4, -0.2) is 30.1 Å². The van der Waals surface area contributed by atoms with E-state index in [1.54, 1.807) is 30.3 Å². The summed E-state index contributed by atoms with van der Waals surface area (Å²) in [5.41, 5.74) is 1.38. The number of carbonyl (C=O) groups excluding carboxylic acids is 3. The SMILES string of the molecule is CCC(Sc1cccc(NC(=O)c2cccs2)c1)C(=O)Nc1ccccc1C(=O)OC. The van der Waals surface area contributed by atoms with Crippen LogP contribution in [0.3, 0.4) is 0 Å². The molecule has 3 rings (SSSR count). The number of anilines is 2. The van der Waals surface area contributed by atoms with Crippen LogP contribution in [0.15, 0.2) is 70.9 Å². The van der Waals surface area contributed by atoms with E-state index in [2.05, 4.69) is 10.6 Å². The van der Waals surface area contributed by atoms with E-state index in [9.17, 15) is 14.4 Å². The van der Waals surface area contributed by atoms with Gasteiger partial charge >= 0.3 is 5.97 Å². The van der Waals surface area contributed by atoms with E-state index in [1.165, 1.54) is 30.2 Å². The highest BCUT2D eigenvalue weighted by Gasteiger charge is 2.21. The summed E-state index contributed by atoms with van der Waals surface area (Å²) in [4.78, 5) is 38.6. The van der Waals surface area contributed by atoms with Gasteiger partial charge in [0.1, 0.15) is 0 Å². The normalized spacial score (nSPS) is 11.4. The van der Waals surface area contributed by atoms with Gasteiger partial charge in [0.25, 0.3) is 5.91 Å². The average molecular weight is 455 g/mol. The summed E-state index contributed by atoms with van der Waals surface area (Å²) in [5.74, 6) is -0.885. The lowest BCUT2D eigenvalue weighted by Crippen LogP contribution is -2.25. The van der Waals surface area contributed by atoms with Crippen molar-refractivity contribution in [3.05, 3.63) is 76.5 Å². The molecule has 2 aromatic carbocycles. The van der Waals surface area contributed by atoms with Crippen LogP contribution in [0.25, 0.3) is 0 Å². The molecule has 0 spiro atoms. The minimum Gasteiger partial charge on any atom is -0.465 e. The number of ether oxygens (including phenoxy) is 1. The molecule has 0 saturated carbocycles. The maximum absolute atomic E-state index is 12.9. The third-order valence-corrected chi connectivity index (χ3v) is 6.60. The summed E-state index contributed by atoms with van der Waals surface area (Å²) >= 11 is 2.77. The van der Waals surface area contributed by atoms with Crippen LogP contribution in [0.2, 0.25) is 0 Å². The Hall–Kier alpha value is -3.10. The Morgan fingerprint density at radius 1 is 1.03 bits per heavy atom. The molecule has 0 saturated heterocycles. The zero-order valence-electron chi connectivity index (χ0n) is 17.1. The summed E-state index contributed by atoms with van der Waals surface area (Å²) in [5, 5.41) is 7.18. The molecule has 0 aliphatic heterocycles. The molecule has 31 heavy (non-hydrogen) atoms. The van der Waals surface area contributed by atoms with Crippen LogP contribution in [0.1, 0.15) is 33.4 Å². The average Bonchev–Trinajstić information content (AvgIpc) is 3.33. The molecule has 1 heterocycles. The van der Waals surface area contributed by atoms with Gasteiger partial charge in [0.15, 0.2) is 0 Å². The minimum absolute atomic E-state index is 0.165. The molecule has 3 aromatic rings. The van der Waals surface area contributed by atoms with Crippen LogP contribution in [0.4, 0.5) is 11.4 Å². The van der Waals surface area contributed by atoms with E-state index >= 15 is 0 Å². The summed E-state index contributed by atoms with van der Waals surface area (Å²) in [6.07, 6.45) is 0.586. The first-order chi connectivity index (χ1) is 15.0. The van der Waals surface area contributed by atoms with Crippen LogP contribution in [0, 0.1) is 0 Å². The molecule has 160 valence electrons. The third-order valence-electron chi connectivity index (χ3n) is 4.37. The molecule has 0 fully saturated rings. The Balaban J connectivity index is 1.69. The van der Waals surface area contributed by atoms with Gasteiger partial charge in [-0.3, -0.25) is 9.59 Å². The van der Waals surface area contributed by atoms with Crippen molar-refractivity contribution in [3.8, 4) is 0 Å². The van der Waals surface area contributed by atoms with E-state index < -0.39 is 5.97 Å². The molecular formula is C23H22N2O4S2. The molecule has 8 heteroatoms. The van der Waals surface area contributed by atoms with E-state index in [0.29, 0.717) is 28.2 Å². The van der Waals surface area contributed by atoms with Gasteiger partial charge in [-0.15, -0.1) is 23.1 Å². The summed E-state index contributed by atoms with van der Waals surface area (Å²) in [6, 6.07) is 17.7. The molecule has 1 atom stereocenters. The van der Waals surface area contributed by atoms with Crippen LogP contribution in [-0.2, 0) is 9.53 Å². The number of methoxy groups -OCH3 is 1. The number of rotatable bonds is 8. The van der Waals surface area contributed by atoms with Crippen LogP contribution in [0.5, 0.6) is 0 Å². The van der Waals surface area contributed by atoms with E-state index in [0.717, 1.165) is 4.90 Å². The van der Waals surface area contributed by atoms with E-state index in [1.807, 2.05) is 42.6 Å². The van der Waals surface area contributed by atoms with Crippen molar-refractivity contribution in [2.75, 3.05) is 17.7 Å². The number of benzene rings is 2. The number of hydrogen-bond acceptors (Lipinski definition) is 6. The van der Waals surface area contributed by atoms with Crippen molar-refractivity contribution in [1.82, 2.24) is 0 Å². The quantitative estimate of drug-likeness (QED) is 0.357. The zero-order valence-corrected chi connectivity index (χ0v) is 18.7. The van der Waals surface area contributed by atoms with Crippen LogP contribution >= 0.6 is 23.1 Å². The van der Waals surface area contributed by atoms with Gasteiger partial charge < -0.3 is 15.4 Å². The number of amides is 2. The first-order valence-electron chi connectivity index (χ1n) is 9.61. The first-order valence-corrected chi connectivity index (χ1v) is 11.4. The van der Waals surface area contributed by atoms with Crippen molar-refractivity contribution in [2.45, 2.75) is 23.5 Å². The van der Waals surface area contributed by atoms with Gasteiger partial charge in [0.05, 0.1) is 28.5 Å². The maximum atomic E-state index is 12.9. The van der Waals surface area contributed by atoms with Gasteiger partial charge in [-0.1, -0.05) is 31.2 Å². The number of esters is 1. The van der Waals surface area contributed by atoms with Crippen LogP contribution < -0.4 is 10.6 Å². The Kier molecular flexibility index (Phi) is 7.86. The number of nitrogens with one attached hydrogen (secondary N) is 2. The second-order valence-corrected chi connectivity index (χ2v) is 8.72. The Morgan fingerprint density at radius 2 is 1.84 bits per heavy atom. The fourth-order valence-corrected chi connectivity index (χ4v) is 4.46. The Labute approximate surface area is 189 Å². The number of hydrogen-bond donors (Lipinski definition) is 2. The van der Waals surface area contributed by atoms with Gasteiger partial charge in [-0.05, 0) is 48.2 Å². The van der Waals surface area contributed by atoms with Crippen molar-refractivity contribution >= 4 is 52.3 Å². The fourth-order valence-electron chi connectivity index (χ4n) is 2.83. The molecule has 0 bridgehead atoms. The lowest BCUT2D eigenvalue weighted by molar-refractivity contribution is -0.115. The topological polar surface area (TPSA) is 84.5 Å². The highest BCUT2D eigenvalue weighted by molar-refractivity contribution is 8.00. The lowest BCUT2D eigenvalue weighted by atomic mass is 10.1. The van der Waals surface area contributed by atoms with E-state index in [-0.39, 0.29) is 17.1 Å². The highest BCUT2D eigenvalue weighted by Crippen LogP contribution is 2.29. The lowest BCUT2D eigenvalue weighted by Gasteiger charge is -2.16. The first kappa shape index (κ1) is 22.6. The van der Waals surface area contributed by atoms with Gasteiger partial charge in [-0.25, -0.2) is 4.79 Å². The molecule has 1 aromatic heterocycles. The highest BCUT2D eigenvalue weighted by atomic mass is 32.2. The molecule has 6 nitrogen and oxygen atoms in total. The monoisotopic (exact) mass is 454 g/mol. The molecular weight excluding hydrogens is 432 g/mol. The third kappa shape index (κ3) is 5.96. The second kappa shape index (κ2) is 10.8. The van der Waals surface area contributed by atoms with Crippen molar-refractivity contribution in [2.24, 2.45) is 0 Å². The summed E-state index contributed by atoms with van der Waals surface area (Å²) in [6.45, 7) is 1.92. The molecule has 2 amide bonds. The summed E-state index contributed by atoms with van der Waals surface area (Å²) in [7, 11) is 1.30. The smallest absolute Gasteiger partial charge is 0.339 e. The molecule has 0 radical (unpaired) electrons. The predicted molar refractivity (Wildman–Crippen MR) is 125 cm³/mol. The molecule has 0 aliphatic carbocycles. The minimum atomic E-state index is -0.509. The molecule has 2 N–H and O–H groups in total. The Bertz CT molecular complexity index is 1070. The molecule has 0 aliphatic rings. The zero-order chi connectivity index (χ0) is 22.2. The molecule has 1 unspecified atom stereocenters. The van der Waals surface area contributed by atoms with Crippen molar-refractivity contribution < 1.29 is 19.1 Å².